The van der Waals surface area contributed by atoms with Crippen molar-refractivity contribution in [1.82, 2.24) is 0 Å². The van der Waals surface area contributed by atoms with Gasteiger partial charge in [0.15, 0.2) is 0 Å². The number of nitrogens with two attached hydrogens (primary N) is 1. The Morgan fingerprint density at radius 1 is 1.21 bits per heavy atom. The largest absolute Gasteiger partial charge is 0.507 e. The summed E-state index contributed by atoms with van der Waals surface area (Å²) in [5.74, 6) is 4.48. The van der Waals surface area contributed by atoms with Gasteiger partial charge in [0.05, 0.1) is 17.1 Å². The molecule has 0 aliphatic rings. The molecule has 184 valence electrons. The Bertz CT molecular complexity index is 979. The molecule has 0 spiro atoms. The summed E-state index contributed by atoms with van der Waals surface area (Å²) in [6.07, 6.45) is -0.669. The molecule has 2 aromatic carbocycles. The van der Waals surface area contributed by atoms with Gasteiger partial charge in [0.25, 0.3) is 0 Å². The summed E-state index contributed by atoms with van der Waals surface area (Å²) < 4.78 is 59.2. The van der Waals surface area contributed by atoms with Crippen LogP contribution in [0.15, 0.2) is 46.2 Å². The Kier molecular flexibility index (Phi) is 10.6. The molecule has 0 bridgehead atoms. The van der Waals surface area contributed by atoms with E-state index in [0.29, 0.717) is 22.8 Å². The van der Waals surface area contributed by atoms with Crippen molar-refractivity contribution in [3.05, 3.63) is 52.5 Å². The number of phosphoric acid groups is 1. The number of unbranched alkanes of at least 4 members (excludes halogenated alkanes) is 1. The van der Waals surface area contributed by atoms with Gasteiger partial charge in [-0.2, -0.15) is 13.2 Å². The summed E-state index contributed by atoms with van der Waals surface area (Å²) in [6.45, 7) is 2.04. The van der Waals surface area contributed by atoms with Crippen molar-refractivity contribution in [2.75, 3.05) is 6.61 Å². The van der Waals surface area contributed by atoms with E-state index in [1.807, 2.05) is 6.92 Å². The first-order chi connectivity index (χ1) is 15.4. The van der Waals surface area contributed by atoms with Crippen molar-refractivity contribution in [3.63, 3.8) is 0 Å². The third kappa shape index (κ3) is 9.13. The van der Waals surface area contributed by atoms with Crippen LogP contribution >= 0.6 is 31.2 Å². The van der Waals surface area contributed by atoms with Crippen LogP contribution in [0.5, 0.6) is 5.75 Å². The molecule has 0 aromatic heterocycles. The van der Waals surface area contributed by atoms with Gasteiger partial charge in [-0.25, -0.2) is 15.1 Å². The lowest BCUT2D eigenvalue weighted by Gasteiger charge is -2.18. The molecule has 0 saturated carbocycles. The second kappa shape index (κ2) is 12.4. The molecule has 2 unspecified atom stereocenters. The van der Waals surface area contributed by atoms with Crippen LogP contribution in [0.3, 0.4) is 0 Å². The van der Waals surface area contributed by atoms with E-state index in [1.165, 1.54) is 0 Å². The monoisotopic (exact) mass is 527 g/mol. The standard InChI is InChI=1S/C21H26ClF3NO5PS/c1-2-3-4-14(13-30-32(28,29)31-26)5-6-15-7-9-17(12-18(15)22)33-20-11-16(21(23,24)25)8-10-19(20)27/h7-12,14,27H,2-6,13,26H2,1H3,(H,28,29). The number of rotatable bonds is 12. The molecule has 12 heteroatoms. The van der Waals surface area contributed by atoms with E-state index in [-0.39, 0.29) is 23.2 Å². The highest BCUT2D eigenvalue weighted by atomic mass is 35.5. The van der Waals surface area contributed by atoms with Gasteiger partial charge in [0.1, 0.15) is 5.75 Å². The van der Waals surface area contributed by atoms with E-state index in [2.05, 4.69) is 4.62 Å². The predicted octanol–water partition coefficient (Wildman–Crippen LogP) is 6.96. The zero-order valence-corrected chi connectivity index (χ0v) is 20.3. The van der Waals surface area contributed by atoms with Gasteiger partial charge in [-0.15, -0.1) is 0 Å². The van der Waals surface area contributed by atoms with Crippen molar-refractivity contribution < 1.29 is 36.9 Å². The molecule has 0 amide bonds. The minimum absolute atomic E-state index is 0.00531. The number of aryl methyl sites for hydroxylation is 1. The molecule has 2 atom stereocenters. The number of hydrogen-bond donors (Lipinski definition) is 3. The highest BCUT2D eigenvalue weighted by molar-refractivity contribution is 7.99. The quantitative estimate of drug-likeness (QED) is 0.202. The zero-order valence-electron chi connectivity index (χ0n) is 17.8. The molecule has 2 rings (SSSR count). The SMILES string of the molecule is CCCCC(CCc1ccc(Sc2cc(C(F)(F)F)ccc2O)cc1Cl)COP(=O)(O)ON. The normalized spacial score (nSPS) is 14.8. The van der Waals surface area contributed by atoms with Gasteiger partial charge >= 0.3 is 14.0 Å². The first kappa shape index (κ1) is 28.0. The summed E-state index contributed by atoms with van der Waals surface area (Å²) in [4.78, 5) is 9.99. The van der Waals surface area contributed by atoms with Gasteiger partial charge in [0, 0.05) is 9.92 Å². The minimum atomic E-state index is -4.51. The van der Waals surface area contributed by atoms with E-state index in [0.717, 1.165) is 54.8 Å². The molecule has 0 fully saturated rings. The molecule has 4 N–H and O–H groups in total. The highest BCUT2D eigenvalue weighted by Gasteiger charge is 2.31. The lowest BCUT2D eigenvalue weighted by molar-refractivity contribution is -0.137. The van der Waals surface area contributed by atoms with Gasteiger partial charge < -0.3 is 10.00 Å². The van der Waals surface area contributed by atoms with E-state index < -0.39 is 19.6 Å². The molecular weight excluding hydrogens is 502 g/mol. The topological polar surface area (TPSA) is 102 Å². The van der Waals surface area contributed by atoms with Crippen molar-refractivity contribution in [1.29, 1.82) is 0 Å². The number of phenolic OH excluding ortho intramolecular Hbond substituents is 1. The van der Waals surface area contributed by atoms with Crippen molar-refractivity contribution >= 4 is 31.2 Å². The zero-order chi connectivity index (χ0) is 24.6. The Hall–Kier alpha value is -1.26. The molecule has 0 radical (unpaired) electrons. The van der Waals surface area contributed by atoms with Crippen LogP contribution < -0.4 is 5.90 Å². The fourth-order valence-corrected chi connectivity index (χ4v) is 4.81. The second-order valence-electron chi connectivity index (χ2n) is 7.45. The van der Waals surface area contributed by atoms with Crippen LogP contribution in [0.1, 0.15) is 43.7 Å². The maximum atomic E-state index is 13.0. The lowest BCUT2D eigenvalue weighted by atomic mass is 9.95. The number of phenols is 1. The van der Waals surface area contributed by atoms with Crippen molar-refractivity contribution in [2.45, 2.75) is 55.0 Å². The number of halogens is 4. The molecule has 33 heavy (non-hydrogen) atoms. The van der Waals surface area contributed by atoms with Crippen LogP contribution in [0.2, 0.25) is 5.02 Å². The summed E-state index contributed by atoms with van der Waals surface area (Å²) in [5, 5.41) is 10.4. The number of phosphoric ester groups is 1. The third-order valence-electron chi connectivity index (χ3n) is 4.93. The Morgan fingerprint density at radius 3 is 2.55 bits per heavy atom. The van der Waals surface area contributed by atoms with Crippen molar-refractivity contribution in [3.8, 4) is 5.75 Å². The average molecular weight is 528 g/mol. The number of hydrogen-bond acceptors (Lipinski definition) is 6. The molecule has 6 nitrogen and oxygen atoms in total. The molecule has 0 aliphatic carbocycles. The third-order valence-corrected chi connectivity index (χ3v) is 7.06. The number of aromatic hydroxyl groups is 1. The first-order valence-electron chi connectivity index (χ1n) is 10.2. The van der Waals surface area contributed by atoms with Crippen LogP contribution in [-0.2, 0) is 26.3 Å². The minimum Gasteiger partial charge on any atom is -0.507 e. The molecule has 0 aliphatic heterocycles. The van der Waals surface area contributed by atoms with Gasteiger partial charge in [-0.05, 0) is 61.1 Å². The number of benzene rings is 2. The van der Waals surface area contributed by atoms with E-state index in [4.69, 9.17) is 22.0 Å². The lowest BCUT2D eigenvalue weighted by Crippen LogP contribution is -2.12. The van der Waals surface area contributed by atoms with Gasteiger partial charge in [-0.3, -0.25) is 4.52 Å². The first-order valence-corrected chi connectivity index (χ1v) is 12.9. The maximum Gasteiger partial charge on any atom is 0.488 e. The Morgan fingerprint density at radius 2 is 1.94 bits per heavy atom. The molecule has 0 saturated heterocycles. The van der Waals surface area contributed by atoms with E-state index >= 15 is 0 Å². The predicted molar refractivity (Wildman–Crippen MR) is 121 cm³/mol. The van der Waals surface area contributed by atoms with Crippen LogP contribution in [0, 0.1) is 5.92 Å². The van der Waals surface area contributed by atoms with E-state index in [9.17, 15) is 27.7 Å². The molecular formula is C21H26ClF3NO5PS. The number of alkyl halides is 3. The van der Waals surface area contributed by atoms with Crippen molar-refractivity contribution in [2.24, 2.45) is 11.8 Å². The fraction of sp³-hybridized carbons (Fsp3) is 0.429. The highest BCUT2D eigenvalue weighted by Crippen LogP contribution is 2.42. The summed E-state index contributed by atoms with van der Waals surface area (Å²) >= 11 is 7.37. The Labute approximate surface area is 199 Å². The maximum absolute atomic E-state index is 13.0. The smallest absolute Gasteiger partial charge is 0.488 e. The van der Waals surface area contributed by atoms with Crippen LogP contribution in [0.25, 0.3) is 0 Å². The van der Waals surface area contributed by atoms with Crippen LogP contribution in [0.4, 0.5) is 13.2 Å². The average Bonchev–Trinajstić information content (AvgIpc) is 2.75. The summed E-state index contributed by atoms with van der Waals surface area (Å²) in [7, 11) is -4.26. The van der Waals surface area contributed by atoms with Gasteiger partial charge in [-0.1, -0.05) is 49.2 Å². The summed E-state index contributed by atoms with van der Waals surface area (Å²) in [5.41, 5.74) is -0.0312. The van der Waals surface area contributed by atoms with E-state index in [1.54, 1.807) is 18.2 Å². The Balaban J connectivity index is 2.06. The fourth-order valence-electron chi connectivity index (χ4n) is 3.09. The molecule has 0 heterocycles. The second-order valence-corrected chi connectivity index (χ2v) is 10.4. The molecule has 2 aromatic rings. The van der Waals surface area contributed by atoms with Crippen LogP contribution in [-0.4, -0.2) is 16.6 Å². The summed E-state index contributed by atoms with van der Waals surface area (Å²) in [6, 6.07) is 7.85. The van der Waals surface area contributed by atoms with Gasteiger partial charge in [0.2, 0.25) is 0 Å².